The van der Waals surface area contributed by atoms with E-state index in [1.807, 2.05) is 12.1 Å². The second kappa shape index (κ2) is 5.19. The number of nitrogens with zero attached hydrogens (tertiary/aromatic N) is 1. The predicted molar refractivity (Wildman–Crippen MR) is 65.6 cm³/mol. The maximum atomic E-state index is 11.1. The first-order valence-corrected chi connectivity index (χ1v) is 5.78. The predicted octanol–water partition coefficient (Wildman–Crippen LogP) is 1.86. The van der Waals surface area contributed by atoms with E-state index in [1.165, 1.54) is 0 Å². The number of anilines is 1. The molecule has 1 saturated heterocycles. The topological polar surface area (TPSA) is 49.8 Å². The first kappa shape index (κ1) is 11.9. The standard InChI is InChI=1S/C13H17NO3/c1-17-9-10-6-7-14(8-10)12-5-3-2-4-11(12)13(15)16/h2-5,10H,6-9H2,1H3,(H,15,16). The molecular formula is C13H17NO3. The van der Waals surface area contributed by atoms with Crippen LogP contribution in [0.4, 0.5) is 5.69 Å². The first-order chi connectivity index (χ1) is 8.22. The molecule has 1 fully saturated rings. The van der Waals surface area contributed by atoms with Gasteiger partial charge in [-0.05, 0) is 18.6 Å². The van der Waals surface area contributed by atoms with Crippen LogP contribution in [0.2, 0.25) is 0 Å². The van der Waals surface area contributed by atoms with E-state index in [2.05, 4.69) is 4.90 Å². The van der Waals surface area contributed by atoms with Gasteiger partial charge in [0.2, 0.25) is 0 Å². The zero-order valence-electron chi connectivity index (χ0n) is 9.93. The van der Waals surface area contributed by atoms with Crippen molar-refractivity contribution in [3.63, 3.8) is 0 Å². The second-order valence-electron chi connectivity index (χ2n) is 4.38. The van der Waals surface area contributed by atoms with Crippen molar-refractivity contribution in [3.8, 4) is 0 Å². The van der Waals surface area contributed by atoms with Crippen LogP contribution in [-0.2, 0) is 4.74 Å². The van der Waals surface area contributed by atoms with Crippen molar-refractivity contribution >= 4 is 11.7 Å². The molecule has 2 rings (SSSR count). The van der Waals surface area contributed by atoms with Gasteiger partial charge < -0.3 is 14.7 Å². The monoisotopic (exact) mass is 235 g/mol. The van der Waals surface area contributed by atoms with Crippen molar-refractivity contribution in [1.82, 2.24) is 0 Å². The molecular weight excluding hydrogens is 218 g/mol. The molecule has 4 heteroatoms. The summed E-state index contributed by atoms with van der Waals surface area (Å²) < 4.78 is 5.14. The summed E-state index contributed by atoms with van der Waals surface area (Å²) in [6, 6.07) is 7.17. The van der Waals surface area contributed by atoms with Gasteiger partial charge in [0.15, 0.2) is 0 Å². The Balaban J connectivity index is 2.16. The molecule has 92 valence electrons. The lowest BCUT2D eigenvalue weighted by molar-refractivity contribution is 0.0697. The Kier molecular flexibility index (Phi) is 3.64. The molecule has 1 aliphatic heterocycles. The summed E-state index contributed by atoms with van der Waals surface area (Å²) in [4.78, 5) is 13.3. The fourth-order valence-corrected chi connectivity index (χ4v) is 2.35. The fraction of sp³-hybridized carbons (Fsp3) is 0.462. The van der Waals surface area contributed by atoms with Crippen LogP contribution in [0, 0.1) is 5.92 Å². The summed E-state index contributed by atoms with van der Waals surface area (Å²) in [6.45, 7) is 2.52. The summed E-state index contributed by atoms with van der Waals surface area (Å²) in [6.07, 6.45) is 1.06. The summed E-state index contributed by atoms with van der Waals surface area (Å²) in [7, 11) is 1.70. The Hall–Kier alpha value is -1.55. The minimum absolute atomic E-state index is 0.380. The zero-order valence-corrected chi connectivity index (χ0v) is 9.93. The first-order valence-electron chi connectivity index (χ1n) is 5.78. The number of methoxy groups -OCH3 is 1. The van der Waals surface area contributed by atoms with Gasteiger partial charge in [0.25, 0.3) is 0 Å². The highest BCUT2D eigenvalue weighted by molar-refractivity contribution is 5.94. The van der Waals surface area contributed by atoms with Crippen LogP contribution in [0.5, 0.6) is 0 Å². The number of carboxylic acid groups (broad SMARTS) is 1. The van der Waals surface area contributed by atoms with E-state index in [-0.39, 0.29) is 0 Å². The van der Waals surface area contributed by atoms with Gasteiger partial charge in [0.05, 0.1) is 17.9 Å². The van der Waals surface area contributed by atoms with Crippen molar-refractivity contribution < 1.29 is 14.6 Å². The molecule has 0 radical (unpaired) electrons. The largest absolute Gasteiger partial charge is 0.478 e. The Labute approximate surface area is 101 Å². The van der Waals surface area contributed by atoms with E-state index in [0.29, 0.717) is 11.5 Å². The van der Waals surface area contributed by atoms with E-state index >= 15 is 0 Å². The van der Waals surface area contributed by atoms with Crippen molar-refractivity contribution in [1.29, 1.82) is 0 Å². The molecule has 0 aromatic heterocycles. The van der Waals surface area contributed by atoms with Gasteiger partial charge in [0, 0.05) is 26.1 Å². The Bertz CT molecular complexity index is 405. The summed E-state index contributed by atoms with van der Waals surface area (Å²) in [5.74, 6) is -0.363. The number of hydrogen-bond donors (Lipinski definition) is 1. The van der Waals surface area contributed by atoms with Crippen LogP contribution in [0.15, 0.2) is 24.3 Å². The van der Waals surface area contributed by atoms with E-state index in [4.69, 9.17) is 9.84 Å². The van der Waals surface area contributed by atoms with E-state index < -0.39 is 5.97 Å². The van der Waals surface area contributed by atoms with Crippen LogP contribution in [-0.4, -0.2) is 37.9 Å². The van der Waals surface area contributed by atoms with Gasteiger partial charge in [-0.3, -0.25) is 0 Å². The van der Waals surface area contributed by atoms with E-state index in [1.54, 1.807) is 19.2 Å². The summed E-state index contributed by atoms with van der Waals surface area (Å²) in [5, 5.41) is 9.14. The van der Waals surface area contributed by atoms with Crippen LogP contribution in [0.25, 0.3) is 0 Å². The number of carboxylic acids is 1. The average Bonchev–Trinajstić information content (AvgIpc) is 2.78. The molecule has 1 aromatic carbocycles. The summed E-state index contributed by atoms with van der Waals surface area (Å²) in [5.41, 5.74) is 1.20. The van der Waals surface area contributed by atoms with Gasteiger partial charge in [-0.1, -0.05) is 12.1 Å². The van der Waals surface area contributed by atoms with Crippen LogP contribution in [0.3, 0.4) is 0 Å². The van der Waals surface area contributed by atoms with Gasteiger partial charge in [0.1, 0.15) is 0 Å². The van der Waals surface area contributed by atoms with Crippen molar-refractivity contribution in [2.75, 3.05) is 31.7 Å². The van der Waals surface area contributed by atoms with Gasteiger partial charge in [-0.15, -0.1) is 0 Å². The van der Waals surface area contributed by atoms with Crippen molar-refractivity contribution in [2.24, 2.45) is 5.92 Å². The molecule has 4 nitrogen and oxygen atoms in total. The molecule has 0 aliphatic carbocycles. The number of carbonyl (C=O) groups is 1. The van der Waals surface area contributed by atoms with Gasteiger partial charge in [-0.2, -0.15) is 0 Å². The lowest BCUT2D eigenvalue weighted by Gasteiger charge is -2.20. The number of aromatic carboxylic acids is 1. The van der Waals surface area contributed by atoms with Gasteiger partial charge in [-0.25, -0.2) is 4.79 Å². The molecule has 17 heavy (non-hydrogen) atoms. The molecule has 0 saturated carbocycles. The maximum Gasteiger partial charge on any atom is 0.337 e. The quantitative estimate of drug-likeness (QED) is 0.865. The van der Waals surface area contributed by atoms with Gasteiger partial charge >= 0.3 is 5.97 Å². The molecule has 1 N–H and O–H groups in total. The SMILES string of the molecule is COCC1CCN(c2ccccc2C(=O)O)C1. The zero-order chi connectivity index (χ0) is 12.3. The number of hydrogen-bond acceptors (Lipinski definition) is 3. The van der Waals surface area contributed by atoms with Crippen LogP contribution in [0.1, 0.15) is 16.8 Å². The highest BCUT2D eigenvalue weighted by Gasteiger charge is 2.25. The summed E-state index contributed by atoms with van der Waals surface area (Å²) >= 11 is 0. The molecule has 0 spiro atoms. The number of rotatable bonds is 4. The number of ether oxygens (including phenoxy) is 1. The average molecular weight is 235 g/mol. The van der Waals surface area contributed by atoms with Crippen molar-refractivity contribution in [3.05, 3.63) is 29.8 Å². The molecule has 1 heterocycles. The Morgan fingerprint density at radius 3 is 3.00 bits per heavy atom. The highest BCUT2D eigenvalue weighted by Crippen LogP contribution is 2.27. The van der Waals surface area contributed by atoms with E-state index in [9.17, 15) is 4.79 Å². The maximum absolute atomic E-state index is 11.1. The molecule has 0 amide bonds. The molecule has 1 atom stereocenters. The molecule has 1 unspecified atom stereocenters. The van der Waals surface area contributed by atoms with Crippen molar-refractivity contribution in [2.45, 2.75) is 6.42 Å². The van der Waals surface area contributed by atoms with Crippen LogP contribution >= 0.6 is 0 Å². The third-order valence-electron chi connectivity index (χ3n) is 3.16. The number of benzene rings is 1. The third kappa shape index (κ3) is 2.58. The fourth-order valence-electron chi connectivity index (χ4n) is 2.35. The molecule has 1 aliphatic rings. The minimum atomic E-state index is -0.865. The normalized spacial score (nSPS) is 19.6. The lowest BCUT2D eigenvalue weighted by Crippen LogP contribution is -2.23. The molecule has 0 bridgehead atoms. The Morgan fingerprint density at radius 1 is 1.53 bits per heavy atom. The van der Waals surface area contributed by atoms with Crippen LogP contribution < -0.4 is 4.90 Å². The van der Waals surface area contributed by atoms with E-state index in [0.717, 1.165) is 31.8 Å². The highest BCUT2D eigenvalue weighted by atomic mass is 16.5. The molecule has 1 aromatic rings. The smallest absolute Gasteiger partial charge is 0.337 e. The second-order valence-corrected chi connectivity index (χ2v) is 4.38. The third-order valence-corrected chi connectivity index (χ3v) is 3.16. The lowest BCUT2D eigenvalue weighted by atomic mass is 10.1. The minimum Gasteiger partial charge on any atom is -0.478 e. The Morgan fingerprint density at radius 2 is 2.29 bits per heavy atom. The number of para-hydroxylation sites is 1.